The lowest BCUT2D eigenvalue weighted by atomic mass is 10.2. The van der Waals surface area contributed by atoms with Gasteiger partial charge in [0.15, 0.2) is 0 Å². The number of halogens is 3. The van der Waals surface area contributed by atoms with E-state index in [9.17, 15) is 27.6 Å². The second-order valence-corrected chi connectivity index (χ2v) is 6.57. The number of carbonyl (C=O) groups excluding carboxylic acids is 3. The summed E-state index contributed by atoms with van der Waals surface area (Å²) in [5, 5.41) is 6.91. The van der Waals surface area contributed by atoms with Gasteiger partial charge in [-0.3, -0.25) is 19.4 Å². The Balaban J connectivity index is 1.66. The lowest BCUT2D eigenvalue weighted by molar-refractivity contribution is -0.137. The van der Waals surface area contributed by atoms with Gasteiger partial charge < -0.3 is 20.7 Å². The molecule has 0 saturated heterocycles. The Hall–Kier alpha value is -4.41. The van der Waals surface area contributed by atoms with Crippen LogP contribution in [0.1, 0.15) is 16.1 Å². The Morgan fingerprint density at radius 2 is 1.45 bits per heavy atom. The summed E-state index contributed by atoms with van der Waals surface area (Å²) in [6.07, 6.45) is -3.19. The van der Waals surface area contributed by atoms with E-state index in [1.54, 1.807) is 12.1 Å². The van der Waals surface area contributed by atoms with Crippen molar-refractivity contribution < 1.29 is 32.3 Å². The van der Waals surface area contributed by atoms with Crippen molar-refractivity contribution in [2.45, 2.75) is 6.18 Å². The second kappa shape index (κ2) is 9.81. The molecular formula is C22H17F3N4O4. The summed E-state index contributed by atoms with van der Waals surface area (Å²) in [5.41, 5.74) is -0.782. The first-order chi connectivity index (χ1) is 15.7. The van der Waals surface area contributed by atoms with Crippen molar-refractivity contribution in [3.8, 4) is 11.5 Å². The molecule has 11 heteroatoms. The summed E-state index contributed by atoms with van der Waals surface area (Å²) in [4.78, 5) is 39.9. The van der Waals surface area contributed by atoms with Crippen LogP contribution in [0.3, 0.4) is 0 Å². The molecule has 0 aliphatic heterocycles. The molecule has 1 aromatic heterocycles. The number of rotatable bonds is 5. The van der Waals surface area contributed by atoms with Gasteiger partial charge in [0.2, 0.25) is 0 Å². The first kappa shape index (κ1) is 23.3. The van der Waals surface area contributed by atoms with Crippen molar-refractivity contribution in [1.29, 1.82) is 0 Å². The van der Waals surface area contributed by atoms with E-state index in [0.717, 1.165) is 18.2 Å². The molecule has 3 amide bonds. The number of hydrogen-bond donors (Lipinski definition) is 3. The molecule has 0 atom stereocenters. The predicted molar refractivity (Wildman–Crippen MR) is 113 cm³/mol. The Kier molecular flexibility index (Phi) is 6.91. The van der Waals surface area contributed by atoms with E-state index in [0.29, 0.717) is 11.5 Å². The molecule has 0 bridgehead atoms. The standard InChI is InChI=1S/C22H17F3N4O4/c1-26-19(30)18-12-17(8-9-27-18)33-16-7-3-6-15(11-16)29-21(32)20(31)28-14-5-2-4-13(10-14)22(23,24)25/h2-12H,1H3,(H,26,30)(H,28,31)(H,29,32). The van der Waals surface area contributed by atoms with Crippen molar-refractivity contribution >= 4 is 29.1 Å². The summed E-state index contributed by atoms with van der Waals surface area (Å²) in [6, 6.07) is 12.9. The third kappa shape index (κ3) is 6.29. The first-order valence-corrected chi connectivity index (χ1v) is 9.41. The number of alkyl halides is 3. The van der Waals surface area contributed by atoms with E-state index in [4.69, 9.17) is 4.74 Å². The van der Waals surface area contributed by atoms with Gasteiger partial charge in [0.05, 0.1) is 5.56 Å². The maximum Gasteiger partial charge on any atom is 0.416 e. The summed E-state index contributed by atoms with van der Waals surface area (Å²) in [5.74, 6) is -2.02. The highest BCUT2D eigenvalue weighted by atomic mass is 19.4. The van der Waals surface area contributed by atoms with Crippen LogP contribution in [-0.4, -0.2) is 29.8 Å². The largest absolute Gasteiger partial charge is 0.457 e. The molecule has 0 saturated carbocycles. The topological polar surface area (TPSA) is 109 Å². The number of ether oxygens (including phenoxy) is 1. The molecule has 0 aliphatic rings. The Morgan fingerprint density at radius 3 is 2.09 bits per heavy atom. The van der Waals surface area contributed by atoms with Crippen molar-refractivity contribution in [1.82, 2.24) is 10.3 Å². The van der Waals surface area contributed by atoms with Gasteiger partial charge in [-0.15, -0.1) is 0 Å². The van der Waals surface area contributed by atoms with Crippen LogP contribution in [0.4, 0.5) is 24.5 Å². The van der Waals surface area contributed by atoms with Crippen LogP contribution >= 0.6 is 0 Å². The monoisotopic (exact) mass is 458 g/mol. The summed E-state index contributed by atoms with van der Waals surface area (Å²) >= 11 is 0. The Bertz CT molecular complexity index is 1200. The van der Waals surface area contributed by atoms with Crippen LogP contribution in [0, 0.1) is 0 Å². The number of benzene rings is 2. The van der Waals surface area contributed by atoms with E-state index in [-0.39, 0.29) is 17.1 Å². The molecule has 3 N–H and O–H groups in total. The number of pyridine rings is 1. The average molecular weight is 458 g/mol. The SMILES string of the molecule is CNC(=O)c1cc(Oc2cccc(NC(=O)C(=O)Nc3cccc(C(F)(F)F)c3)c2)ccn1. The van der Waals surface area contributed by atoms with Gasteiger partial charge in [0.1, 0.15) is 17.2 Å². The number of aromatic nitrogens is 1. The molecule has 0 radical (unpaired) electrons. The van der Waals surface area contributed by atoms with Gasteiger partial charge in [-0.25, -0.2) is 0 Å². The number of anilines is 2. The van der Waals surface area contributed by atoms with Crippen LogP contribution in [0.25, 0.3) is 0 Å². The van der Waals surface area contributed by atoms with Crippen LogP contribution in [0.5, 0.6) is 11.5 Å². The van der Waals surface area contributed by atoms with Crippen molar-refractivity contribution in [3.05, 3.63) is 78.1 Å². The second-order valence-electron chi connectivity index (χ2n) is 6.57. The summed E-state index contributed by atoms with van der Waals surface area (Å²) in [7, 11) is 1.47. The van der Waals surface area contributed by atoms with Crippen molar-refractivity contribution in [2.24, 2.45) is 0 Å². The van der Waals surface area contributed by atoms with E-state index in [1.165, 1.54) is 43.6 Å². The number of nitrogens with zero attached hydrogens (tertiary/aromatic N) is 1. The minimum atomic E-state index is -4.58. The Labute approximate surface area is 185 Å². The zero-order valence-electron chi connectivity index (χ0n) is 17.1. The molecule has 1 heterocycles. The summed E-state index contributed by atoms with van der Waals surface area (Å²) in [6.45, 7) is 0. The maximum atomic E-state index is 12.8. The van der Waals surface area contributed by atoms with Gasteiger partial charge in [-0.05, 0) is 36.4 Å². The lowest BCUT2D eigenvalue weighted by Crippen LogP contribution is -2.29. The maximum absolute atomic E-state index is 12.8. The lowest BCUT2D eigenvalue weighted by Gasteiger charge is -2.11. The third-order valence-electron chi connectivity index (χ3n) is 4.17. The van der Waals surface area contributed by atoms with E-state index < -0.39 is 29.5 Å². The molecular weight excluding hydrogens is 441 g/mol. The molecule has 33 heavy (non-hydrogen) atoms. The molecule has 3 aromatic rings. The van der Waals surface area contributed by atoms with E-state index in [2.05, 4.69) is 20.9 Å². The summed E-state index contributed by atoms with van der Waals surface area (Å²) < 4.78 is 44.1. The highest BCUT2D eigenvalue weighted by Crippen LogP contribution is 2.30. The Morgan fingerprint density at radius 1 is 0.848 bits per heavy atom. The number of nitrogens with one attached hydrogen (secondary N) is 3. The van der Waals surface area contributed by atoms with Gasteiger partial charge in [0, 0.05) is 36.8 Å². The smallest absolute Gasteiger partial charge is 0.416 e. The van der Waals surface area contributed by atoms with Crippen LogP contribution in [-0.2, 0) is 15.8 Å². The van der Waals surface area contributed by atoms with Crippen LogP contribution in [0.15, 0.2) is 66.9 Å². The highest BCUT2D eigenvalue weighted by molar-refractivity contribution is 6.43. The fourth-order valence-electron chi connectivity index (χ4n) is 2.65. The number of hydrogen-bond acceptors (Lipinski definition) is 5. The predicted octanol–water partition coefficient (Wildman–Crippen LogP) is 3.83. The molecule has 0 spiro atoms. The third-order valence-corrected chi connectivity index (χ3v) is 4.17. The van der Waals surface area contributed by atoms with Gasteiger partial charge in [0.25, 0.3) is 5.91 Å². The zero-order valence-corrected chi connectivity index (χ0v) is 17.1. The molecule has 0 unspecified atom stereocenters. The first-order valence-electron chi connectivity index (χ1n) is 9.41. The fourth-order valence-corrected chi connectivity index (χ4v) is 2.65. The molecule has 3 rings (SSSR count). The van der Waals surface area contributed by atoms with Crippen LogP contribution in [0.2, 0.25) is 0 Å². The molecule has 170 valence electrons. The van der Waals surface area contributed by atoms with E-state index in [1.807, 2.05) is 0 Å². The van der Waals surface area contributed by atoms with Gasteiger partial charge >= 0.3 is 18.0 Å². The normalized spacial score (nSPS) is 10.8. The van der Waals surface area contributed by atoms with Gasteiger partial charge in [-0.2, -0.15) is 13.2 Å². The quantitative estimate of drug-likeness (QED) is 0.504. The average Bonchev–Trinajstić information content (AvgIpc) is 2.78. The minimum absolute atomic E-state index is 0.144. The van der Waals surface area contributed by atoms with E-state index >= 15 is 0 Å². The minimum Gasteiger partial charge on any atom is -0.457 e. The molecule has 8 nitrogen and oxygen atoms in total. The highest BCUT2D eigenvalue weighted by Gasteiger charge is 2.30. The number of carbonyl (C=O) groups is 3. The molecule has 0 aliphatic carbocycles. The van der Waals surface area contributed by atoms with Crippen molar-refractivity contribution in [2.75, 3.05) is 17.7 Å². The zero-order chi connectivity index (χ0) is 24.0. The van der Waals surface area contributed by atoms with Crippen molar-refractivity contribution in [3.63, 3.8) is 0 Å². The van der Waals surface area contributed by atoms with Gasteiger partial charge in [-0.1, -0.05) is 12.1 Å². The molecule has 2 aromatic carbocycles. The number of amides is 3. The molecule has 0 fully saturated rings. The van der Waals surface area contributed by atoms with Crippen LogP contribution < -0.4 is 20.7 Å². The fraction of sp³-hybridized carbons (Fsp3) is 0.0909.